The Balaban J connectivity index is 1.41. The quantitative estimate of drug-likeness (QED) is 0.736. The zero-order valence-electron chi connectivity index (χ0n) is 17.0. The van der Waals surface area contributed by atoms with E-state index in [-0.39, 0.29) is 18.4 Å². The van der Waals surface area contributed by atoms with Gasteiger partial charge in [0.05, 0.1) is 19.9 Å². The van der Waals surface area contributed by atoms with Gasteiger partial charge in [-0.15, -0.1) is 0 Å². The number of anilines is 1. The first-order valence-electron chi connectivity index (χ1n) is 9.86. The zero-order valence-corrected chi connectivity index (χ0v) is 17.0. The highest BCUT2D eigenvalue weighted by atomic mass is 16.5. The topological polar surface area (TPSA) is 85.7 Å². The second-order valence-electron chi connectivity index (χ2n) is 7.18. The zero-order chi connectivity index (χ0) is 20.6. The van der Waals surface area contributed by atoms with E-state index in [1.54, 1.807) is 49.5 Å². The van der Waals surface area contributed by atoms with Gasteiger partial charge in [0.15, 0.2) is 0 Å². The Kier molecular flexibility index (Phi) is 7.10. The van der Waals surface area contributed by atoms with Gasteiger partial charge in [-0.05, 0) is 43.4 Å². The maximum absolute atomic E-state index is 12.4. The lowest BCUT2D eigenvalue weighted by Gasteiger charge is -2.32. The van der Waals surface area contributed by atoms with E-state index in [1.165, 1.54) is 0 Å². The van der Waals surface area contributed by atoms with Gasteiger partial charge in [0.25, 0.3) is 0 Å². The summed E-state index contributed by atoms with van der Waals surface area (Å²) in [6.45, 7) is 1.75. The lowest BCUT2D eigenvalue weighted by atomic mass is 9.92. The van der Waals surface area contributed by atoms with Crippen LogP contribution in [-0.4, -0.2) is 53.8 Å². The van der Waals surface area contributed by atoms with Gasteiger partial charge in [0, 0.05) is 38.0 Å². The summed E-state index contributed by atoms with van der Waals surface area (Å²) in [4.78, 5) is 26.6. The number of ether oxygens (including phenoxy) is 2. The highest BCUT2D eigenvalue weighted by Gasteiger charge is 2.23. The molecule has 1 fully saturated rings. The van der Waals surface area contributed by atoms with Crippen LogP contribution in [-0.2, 0) is 16.1 Å². The summed E-state index contributed by atoms with van der Waals surface area (Å²) < 4.78 is 12.1. The van der Waals surface area contributed by atoms with E-state index in [0.717, 1.165) is 32.4 Å². The van der Waals surface area contributed by atoms with Crippen molar-refractivity contribution < 1.29 is 19.1 Å². The van der Waals surface area contributed by atoms with Gasteiger partial charge in [-0.1, -0.05) is 0 Å². The van der Waals surface area contributed by atoms with Crippen LogP contribution in [0.4, 0.5) is 5.69 Å². The fraction of sp³-hybridized carbons (Fsp3) is 0.476. The third-order valence-corrected chi connectivity index (χ3v) is 5.29. The van der Waals surface area contributed by atoms with Crippen LogP contribution in [0.15, 0.2) is 36.7 Å². The second-order valence-corrected chi connectivity index (χ2v) is 7.18. The fourth-order valence-corrected chi connectivity index (χ4v) is 3.55. The maximum Gasteiger partial charge on any atom is 0.244 e. The molecular formula is C21H28N4O4. The first kappa shape index (κ1) is 20.7. The summed E-state index contributed by atoms with van der Waals surface area (Å²) in [5.41, 5.74) is 0.636. The molecule has 2 heterocycles. The fourth-order valence-electron chi connectivity index (χ4n) is 3.55. The number of amides is 2. The normalized spacial score (nSPS) is 14.5. The van der Waals surface area contributed by atoms with Crippen LogP contribution in [0.5, 0.6) is 11.5 Å². The Morgan fingerprint density at radius 3 is 2.66 bits per heavy atom. The molecule has 0 unspecified atom stereocenters. The van der Waals surface area contributed by atoms with Gasteiger partial charge in [0.1, 0.15) is 18.0 Å². The van der Waals surface area contributed by atoms with Crippen LogP contribution in [0.1, 0.15) is 25.7 Å². The molecule has 8 heteroatoms. The first-order valence-corrected chi connectivity index (χ1v) is 9.86. The third-order valence-electron chi connectivity index (χ3n) is 5.29. The molecule has 0 saturated carbocycles. The predicted molar refractivity (Wildman–Crippen MR) is 109 cm³/mol. The molecule has 1 aliphatic rings. The summed E-state index contributed by atoms with van der Waals surface area (Å²) in [5, 5.41) is 6.99. The Morgan fingerprint density at radius 2 is 2.00 bits per heavy atom. The lowest BCUT2D eigenvalue weighted by Crippen LogP contribution is -2.40. The number of benzene rings is 1. The molecule has 3 rings (SSSR count). The van der Waals surface area contributed by atoms with Crippen molar-refractivity contribution in [3.8, 4) is 11.5 Å². The number of hydrogen-bond donors (Lipinski definition) is 1. The number of rotatable bonds is 8. The second kappa shape index (κ2) is 9.95. The highest BCUT2D eigenvalue weighted by Crippen LogP contribution is 2.29. The van der Waals surface area contributed by atoms with Gasteiger partial charge in [-0.2, -0.15) is 5.10 Å². The summed E-state index contributed by atoms with van der Waals surface area (Å²) in [7, 11) is 3.15. The van der Waals surface area contributed by atoms with Crippen molar-refractivity contribution in [3.63, 3.8) is 0 Å². The standard InChI is InChI=1S/C21H28N4O4/c1-28-17-5-6-18(19(14-17)29-2)23-20(26)7-4-16-8-12-24(13-9-16)21(27)15-25-11-3-10-22-25/h3,5-6,10-11,14,16H,4,7-9,12-13,15H2,1-2H3,(H,23,26). The van der Waals surface area contributed by atoms with E-state index >= 15 is 0 Å². The van der Waals surface area contributed by atoms with Crippen molar-refractivity contribution in [2.24, 2.45) is 5.92 Å². The van der Waals surface area contributed by atoms with Crippen LogP contribution in [0, 0.1) is 5.92 Å². The largest absolute Gasteiger partial charge is 0.497 e. The third kappa shape index (κ3) is 5.73. The summed E-state index contributed by atoms with van der Waals surface area (Å²) >= 11 is 0. The molecule has 1 saturated heterocycles. The molecule has 0 spiro atoms. The van der Waals surface area contributed by atoms with E-state index in [0.29, 0.717) is 29.5 Å². The Bertz CT molecular complexity index is 814. The molecule has 0 aliphatic carbocycles. The molecule has 2 amide bonds. The Labute approximate surface area is 170 Å². The van der Waals surface area contributed by atoms with Crippen molar-refractivity contribution in [2.75, 3.05) is 32.6 Å². The van der Waals surface area contributed by atoms with Gasteiger partial charge in [0.2, 0.25) is 11.8 Å². The lowest BCUT2D eigenvalue weighted by molar-refractivity contribution is -0.133. The first-order chi connectivity index (χ1) is 14.1. The number of nitrogens with one attached hydrogen (secondary N) is 1. The SMILES string of the molecule is COc1ccc(NC(=O)CCC2CCN(C(=O)Cn3cccn3)CC2)c(OC)c1. The minimum atomic E-state index is -0.0364. The number of carbonyl (C=O) groups excluding carboxylic acids is 2. The van der Waals surface area contributed by atoms with Gasteiger partial charge >= 0.3 is 0 Å². The summed E-state index contributed by atoms with van der Waals surface area (Å²) in [6, 6.07) is 7.12. The van der Waals surface area contributed by atoms with Crippen LogP contribution < -0.4 is 14.8 Å². The van der Waals surface area contributed by atoms with E-state index in [4.69, 9.17) is 9.47 Å². The van der Waals surface area contributed by atoms with E-state index in [1.807, 2.05) is 11.0 Å². The molecule has 2 aromatic rings. The molecule has 29 heavy (non-hydrogen) atoms. The van der Waals surface area contributed by atoms with Crippen molar-refractivity contribution in [1.82, 2.24) is 14.7 Å². The van der Waals surface area contributed by atoms with E-state index in [2.05, 4.69) is 10.4 Å². The van der Waals surface area contributed by atoms with Gasteiger partial charge < -0.3 is 19.7 Å². The van der Waals surface area contributed by atoms with E-state index < -0.39 is 0 Å². The van der Waals surface area contributed by atoms with Crippen molar-refractivity contribution in [2.45, 2.75) is 32.2 Å². The van der Waals surface area contributed by atoms with Crippen LogP contribution in [0.2, 0.25) is 0 Å². The van der Waals surface area contributed by atoms with Gasteiger partial charge in [-0.25, -0.2) is 0 Å². The molecule has 1 aromatic carbocycles. The molecule has 1 aliphatic heterocycles. The molecule has 1 aromatic heterocycles. The summed E-state index contributed by atoms with van der Waals surface area (Å²) in [6.07, 6.45) is 6.56. The number of likely N-dealkylation sites (tertiary alicyclic amines) is 1. The number of aromatic nitrogens is 2. The average molecular weight is 400 g/mol. The van der Waals surface area contributed by atoms with Crippen LogP contribution >= 0.6 is 0 Å². The Hall–Kier alpha value is -3.03. The van der Waals surface area contributed by atoms with Crippen LogP contribution in [0.25, 0.3) is 0 Å². The van der Waals surface area contributed by atoms with Crippen molar-refractivity contribution in [3.05, 3.63) is 36.7 Å². The number of piperidine rings is 1. The van der Waals surface area contributed by atoms with Crippen molar-refractivity contribution in [1.29, 1.82) is 0 Å². The van der Waals surface area contributed by atoms with Crippen LogP contribution in [0.3, 0.4) is 0 Å². The smallest absolute Gasteiger partial charge is 0.244 e. The molecule has 1 N–H and O–H groups in total. The number of hydrogen-bond acceptors (Lipinski definition) is 5. The molecule has 8 nitrogen and oxygen atoms in total. The molecule has 0 atom stereocenters. The summed E-state index contributed by atoms with van der Waals surface area (Å²) in [5.74, 6) is 1.75. The Morgan fingerprint density at radius 1 is 1.21 bits per heavy atom. The molecule has 0 radical (unpaired) electrons. The number of carbonyl (C=O) groups is 2. The van der Waals surface area contributed by atoms with Crippen molar-refractivity contribution >= 4 is 17.5 Å². The minimum Gasteiger partial charge on any atom is -0.497 e. The van der Waals surface area contributed by atoms with E-state index in [9.17, 15) is 9.59 Å². The molecule has 0 bridgehead atoms. The van der Waals surface area contributed by atoms with Gasteiger partial charge in [-0.3, -0.25) is 14.3 Å². The molecular weight excluding hydrogens is 372 g/mol. The molecule has 156 valence electrons. The predicted octanol–water partition coefficient (Wildman–Crippen LogP) is 2.56. The maximum atomic E-state index is 12.4. The average Bonchev–Trinajstić information content (AvgIpc) is 3.26. The monoisotopic (exact) mass is 400 g/mol. The highest BCUT2D eigenvalue weighted by molar-refractivity contribution is 5.92. The number of methoxy groups -OCH3 is 2. The minimum absolute atomic E-state index is 0.0364. The number of nitrogens with zero attached hydrogens (tertiary/aromatic N) is 3.